The number of aromatic carboxylic acids is 1. The highest BCUT2D eigenvalue weighted by Gasteiger charge is 2.27. The minimum Gasteiger partial charge on any atom is -0.496 e. The van der Waals surface area contributed by atoms with E-state index in [2.05, 4.69) is 35.3 Å². The molecule has 0 radical (unpaired) electrons. The van der Waals surface area contributed by atoms with Crippen LogP contribution in [0.1, 0.15) is 44.2 Å². The quantitative estimate of drug-likeness (QED) is 0.378. The van der Waals surface area contributed by atoms with Gasteiger partial charge in [-0.15, -0.1) is 0 Å². The van der Waals surface area contributed by atoms with E-state index in [-0.39, 0.29) is 11.5 Å². The van der Waals surface area contributed by atoms with Gasteiger partial charge in [0.2, 0.25) is 0 Å². The van der Waals surface area contributed by atoms with Gasteiger partial charge in [-0.05, 0) is 60.9 Å². The van der Waals surface area contributed by atoms with Gasteiger partial charge in [-0.3, -0.25) is 4.79 Å². The van der Waals surface area contributed by atoms with E-state index in [4.69, 9.17) is 9.72 Å². The lowest BCUT2D eigenvalue weighted by Gasteiger charge is -2.20. The molecule has 4 aromatic rings. The van der Waals surface area contributed by atoms with Crippen molar-refractivity contribution in [3.63, 3.8) is 0 Å². The number of nitrogens with one attached hydrogen (secondary N) is 1. The summed E-state index contributed by atoms with van der Waals surface area (Å²) in [6, 6.07) is 22.1. The van der Waals surface area contributed by atoms with Crippen molar-refractivity contribution in [1.82, 2.24) is 4.98 Å². The van der Waals surface area contributed by atoms with Crippen LogP contribution in [0.3, 0.4) is 0 Å². The number of hydrogen-bond acceptors (Lipinski definition) is 5. The van der Waals surface area contributed by atoms with E-state index in [1.165, 1.54) is 18.2 Å². The third-order valence-electron chi connectivity index (χ3n) is 6.78. The maximum Gasteiger partial charge on any atom is 0.336 e. The van der Waals surface area contributed by atoms with Gasteiger partial charge >= 0.3 is 5.97 Å². The molecule has 1 aromatic heterocycles. The lowest BCUT2D eigenvalue weighted by atomic mass is 9.94. The number of para-hydroxylation sites is 1. The van der Waals surface area contributed by atoms with Crippen molar-refractivity contribution < 1.29 is 19.4 Å². The van der Waals surface area contributed by atoms with Gasteiger partial charge in [0.25, 0.3) is 5.91 Å². The fraction of sp³-hybridized carbons (Fsp3) is 0.207. The summed E-state index contributed by atoms with van der Waals surface area (Å²) in [6.45, 7) is 3.72. The summed E-state index contributed by atoms with van der Waals surface area (Å²) in [4.78, 5) is 32.0. The second-order valence-corrected chi connectivity index (χ2v) is 9.01. The topological polar surface area (TPSA) is 91.8 Å². The number of methoxy groups -OCH3 is 1. The molecule has 182 valence electrons. The number of carboxylic acid groups (broad SMARTS) is 1. The number of carboxylic acids is 1. The summed E-state index contributed by atoms with van der Waals surface area (Å²) >= 11 is 0. The third-order valence-corrected chi connectivity index (χ3v) is 6.78. The van der Waals surface area contributed by atoms with Crippen molar-refractivity contribution >= 4 is 34.3 Å². The summed E-state index contributed by atoms with van der Waals surface area (Å²) in [5.41, 5.74) is 4.20. The van der Waals surface area contributed by atoms with E-state index < -0.39 is 5.97 Å². The van der Waals surface area contributed by atoms with E-state index in [0.29, 0.717) is 39.6 Å². The molecule has 0 bridgehead atoms. The number of ether oxygens (including phenoxy) is 1. The predicted octanol–water partition coefficient (Wildman–Crippen LogP) is 5.50. The number of benzene rings is 3. The lowest BCUT2D eigenvalue weighted by molar-refractivity contribution is 0.0698. The Morgan fingerprint density at radius 3 is 2.58 bits per heavy atom. The van der Waals surface area contributed by atoms with Gasteiger partial charge in [-0.1, -0.05) is 36.4 Å². The van der Waals surface area contributed by atoms with Crippen LogP contribution in [0.5, 0.6) is 5.75 Å². The van der Waals surface area contributed by atoms with Gasteiger partial charge in [0.05, 0.1) is 23.8 Å². The molecule has 2 N–H and O–H groups in total. The molecule has 0 spiro atoms. The second kappa shape index (κ2) is 9.70. The average molecular weight is 482 g/mol. The van der Waals surface area contributed by atoms with Gasteiger partial charge in [0, 0.05) is 30.1 Å². The molecular weight excluding hydrogens is 454 g/mol. The molecule has 1 unspecified atom stereocenters. The minimum absolute atomic E-state index is 0.155. The SMILES string of the molecule is COc1ccccc1C(=O)Nc1ccc2nc(N3CCC(c4ccccc4C)C3)cc(C(=O)O)c2c1. The number of carbonyl (C=O) groups is 2. The highest BCUT2D eigenvalue weighted by Crippen LogP contribution is 2.34. The van der Waals surface area contributed by atoms with E-state index in [9.17, 15) is 14.7 Å². The molecule has 0 saturated carbocycles. The molecule has 7 nitrogen and oxygen atoms in total. The molecule has 36 heavy (non-hydrogen) atoms. The van der Waals surface area contributed by atoms with Crippen LogP contribution >= 0.6 is 0 Å². The molecule has 3 aromatic carbocycles. The molecule has 7 heteroatoms. The first-order valence-corrected chi connectivity index (χ1v) is 11.9. The normalized spacial score (nSPS) is 15.2. The summed E-state index contributed by atoms with van der Waals surface area (Å²) in [6.07, 6.45) is 0.987. The van der Waals surface area contributed by atoms with Crippen LogP contribution in [0, 0.1) is 6.92 Å². The Labute approximate surface area is 209 Å². The number of amides is 1. The zero-order valence-corrected chi connectivity index (χ0v) is 20.2. The van der Waals surface area contributed by atoms with Crippen molar-refractivity contribution in [2.75, 3.05) is 30.4 Å². The zero-order valence-electron chi connectivity index (χ0n) is 20.2. The van der Waals surface area contributed by atoms with E-state index >= 15 is 0 Å². The summed E-state index contributed by atoms with van der Waals surface area (Å²) in [5, 5.41) is 13.3. The van der Waals surface area contributed by atoms with Crippen molar-refractivity contribution in [2.24, 2.45) is 0 Å². The van der Waals surface area contributed by atoms with Gasteiger partial charge in [0.1, 0.15) is 11.6 Å². The number of aryl methyl sites for hydroxylation is 1. The van der Waals surface area contributed by atoms with Crippen molar-refractivity contribution in [3.05, 3.63) is 95.1 Å². The Morgan fingerprint density at radius 1 is 1.03 bits per heavy atom. The van der Waals surface area contributed by atoms with Crippen LogP contribution in [-0.4, -0.2) is 42.2 Å². The number of pyridine rings is 1. The number of rotatable bonds is 6. The Bertz CT molecular complexity index is 1470. The van der Waals surface area contributed by atoms with Crippen molar-refractivity contribution in [3.8, 4) is 5.75 Å². The van der Waals surface area contributed by atoms with Gasteiger partial charge < -0.3 is 20.1 Å². The molecule has 1 atom stereocenters. The van der Waals surface area contributed by atoms with E-state index in [0.717, 1.165) is 19.5 Å². The van der Waals surface area contributed by atoms with Crippen LogP contribution in [0.25, 0.3) is 10.9 Å². The van der Waals surface area contributed by atoms with Crippen LogP contribution in [0.15, 0.2) is 72.8 Å². The molecular formula is C29H27N3O4. The van der Waals surface area contributed by atoms with Crippen LogP contribution in [0.2, 0.25) is 0 Å². The molecule has 1 amide bonds. The van der Waals surface area contributed by atoms with Gasteiger partial charge in [0.15, 0.2) is 0 Å². The maximum atomic E-state index is 12.8. The molecule has 1 aliphatic rings. The van der Waals surface area contributed by atoms with Crippen molar-refractivity contribution in [2.45, 2.75) is 19.3 Å². The highest BCUT2D eigenvalue weighted by atomic mass is 16.5. The Balaban J connectivity index is 1.43. The Hall–Kier alpha value is -4.39. The number of fused-ring (bicyclic) bond motifs is 1. The zero-order chi connectivity index (χ0) is 25.2. The maximum absolute atomic E-state index is 12.8. The first-order chi connectivity index (χ1) is 17.4. The molecule has 1 saturated heterocycles. The number of carbonyl (C=O) groups excluding carboxylic acids is 1. The monoisotopic (exact) mass is 481 g/mol. The molecule has 1 fully saturated rings. The predicted molar refractivity (Wildman–Crippen MR) is 140 cm³/mol. The number of aromatic nitrogens is 1. The Kier molecular flexibility index (Phi) is 6.29. The first-order valence-electron chi connectivity index (χ1n) is 11.9. The van der Waals surface area contributed by atoms with Gasteiger partial charge in [-0.2, -0.15) is 0 Å². The minimum atomic E-state index is -1.04. The van der Waals surface area contributed by atoms with Crippen LogP contribution < -0.4 is 15.0 Å². The fourth-order valence-corrected chi connectivity index (χ4v) is 4.93. The highest BCUT2D eigenvalue weighted by molar-refractivity contribution is 6.09. The molecule has 2 heterocycles. The number of anilines is 2. The number of nitrogens with zero attached hydrogens (tertiary/aromatic N) is 2. The van der Waals surface area contributed by atoms with Crippen LogP contribution in [-0.2, 0) is 0 Å². The third kappa shape index (κ3) is 4.47. The van der Waals surface area contributed by atoms with E-state index in [1.807, 2.05) is 6.07 Å². The average Bonchev–Trinajstić information content (AvgIpc) is 3.38. The standard InChI is InChI=1S/C29H27N3O4/c1-18-7-3-4-8-21(18)19-13-14-32(17-19)27-16-24(29(34)35)23-15-20(11-12-25(23)31-27)30-28(33)22-9-5-6-10-26(22)36-2/h3-12,15-16,19H,13-14,17H2,1-2H3,(H,30,33)(H,34,35). The molecule has 5 rings (SSSR count). The number of hydrogen-bond donors (Lipinski definition) is 2. The summed E-state index contributed by atoms with van der Waals surface area (Å²) in [5.74, 6) is 0.119. The molecule has 0 aliphatic carbocycles. The van der Waals surface area contributed by atoms with E-state index in [1.54, 1.807) is 48.5 Å². The first kappa shape index (κ1) is 23.4. The smallest absolute Gasteiger partial charge is 0.336 e. The van der Waals surface area contributed by atoms with Gasteiger partial charge in [-0.25, -0.2) is 9.78 Å². The summed E-state index contributed by atoms with van der Waals surface area (Å²) < 4.78 is 5.28. The second-order valence-electron chi connectivity index (χ2n) is 9.01. The van der Waals surface area contributed by atoms with Crippen molar-refractivity contribution in [1.29, 1.82) is 0 Å². The summed E-state index contributed by atoms with van der Waals surface area (Å²) in [7, 11) is 1.51. The lowest BCUT2D eigenvalue weighted by Crippen LogP contribution is -2.21. The fourth-order valence-electron chi connectivity index (χ4n) is 4.93. The largest absolute Gasteiger partial charge is 0.496 e. The molecule has 1 aliphatic heterocycles. The van der Waals surface area contributed by atoms with Crippen LogP contribution in [0.4, 0.5) is 11.5 Å². The Morgan fingerprint density at radius 2 is 1.81 bits per heavy atom.